The van der Waals surface area contributed by atoms with E-state index in [1.165, 1.54) is 24.0 Å². The van der Waals surface area contributed by atoms with Crippen molar-refractivity contribution in [2.24, 2.45) is 0 Å². The van der Waals surface area contributed by atoms with Gasteiger partial charge in [0.25, 0.3) is 0 Å². The summed E-state index contributed by atoms with van der Waals surface area (Å²) in [6.07, 6.45) is 2.72. The van der Waals surface area contributed by atoms with Crippen LogP contribution in [0.3, 0.4) is 0 Å². The van der Waals surface area contributed by atoms with Crippen molar-refractivity contribution >= 4 is 0 Å². The van der Waals surface area contributed by atoms with Crippen LogP contribution in [0.2, 0.25) is 0 Å². The standard InChI is InChI=1S/C19H23NO2/c1-2-7-16(8-3-1)15-22-19-11-5-4-9-17(19)13-20-14-18-10-6-12-21-18/h1-5,7-9,11,18,20H,6,10,12-15H2. The minimum Gasteiger partial charge on any atom is -0.489 e. The molecule has 0 saturated carbocycles. The highest BCUT2D eigenvalue weighted by atomic mass is 16.5. The molecule has 0 amide bonds. The van der Waals surface area contributed by atoms with Crippen molar-refractivity contribution in [2.45, 2.75) is 32.1 Å². The molecule has 2 aromatic rings. The minimum atomic E-state index is 0.373. The smallest absolute Gasteiger partial charge is 0.124 e. The lowest BCUT2D eigenvalue weighted by Gasteiger charge is -2.14. The van der Waals surface area contributed by atoms with E-state index >= 15 is 0 Å². The second kappa shape index (κ2) is 7.97. The Morgan fingerprint density at radius 3 is 2.68 bits per heavy atom. The van der Waals surface area contributed by atoms with Crippen LogP contribution in [0.25, 0.3) is 0 Å². The number of rotatable bonds is 7. The quantitative estimate of drug-likeness (QED) is 0.848. The zero-order valence-corrected chi connectivity index (χ0v) is 12.8. The highest BCUT2D eigenvalue weighted by Gasteiger charge is 2.14. The lowest BCUT2D eigenvalue weighted by molar-refractivity contribution is 0.110. The van der Waals surface area contributed by atoms with Gasteiger partial charge in [-0.2, -0.15) is 0 Å². The molecule has 3 nitrogen and oxygen atoms in total. The fourth-order valence-electron chi connectivity index (χ4n) is 2.70. The molecule has 1 aliphatic rings. The van der Waals surface area contributed by atoms with E-state index < -0.39 is 0 Å². The van der Waals surface area contributed by atoms with Gasteiger partial charge in [0.2, 0.25) is 0 Å². The largest absolute Gasteiger partial charge is 0.489 e. The van der Waals surface area contributed by atoms with Crippen molar-refractivity contribution in [3.8, 4) is 5.75 Å². The van der Waals surface area contributed by atoms with Gasteiger partial charge in [-0.05, 0) is 24.5 Å². The lowest BCUT2D eigenvalue weighted by atomic mass is 10.2. The molecule has 1 saturated heterocycles. The van der Waals surface area contributed by atoms with Crippen molar-refractivity contribution in [1.82, 2.24) is 5.32 Å². The first-order valence-electron chi connectivity index (χ1n) is 7.99. The summed E-state index contributed by atoms with van der Waals surface area (Å²) >= 11 is 0. The first-order chi connectivity index (χ1) is 10.9. The van der Waals surface area contributed by atoms with E-state index in [4.69, 9.17) is 9.47 Å². The van der Waals surface area contributed by atoms with Gasteiger partial charge in [0, 0.05) is 25.3 Å². The van der Waals surface area contributed by atoms with Gasteiger partial charge >= 0.3 is 0 Å². The molecule has 1 atom stereocenters. The van der Waals surface area contributed by atoms with Crippen LogP contribution in [0.1, 0.15) is 24.0 Å². The van der Waals surface area contributed by atoms with Gasteiger partial charge < -0.3 is 14.8 Å². The Morgan fingerprint density at radius 1 is 1.05 bits per heavy atom. The van der Waals surface area contributed by atoms with Crippen LogP contribution < -0.4 is 10.1 Å². The predicted molar refractivity (Wildman–Crippen MR) is 87.9 cm³/mol. The molecule has 0 spiro atoms. The summed E-state index contributed by atoms with van der Waals surface area (Å²) in [5.41, 5.74) is 2.38. The molecule has 1 heterocycles. The summed E-state index contributed by atoms with van der Waals surface area (Å²) in [5, 5.41) is 3.48. The van der Waals surface area contributed by atoms with Crippen molar-refractivity contribution in [3.63, 3.8) is 0 Å². The van der Waals surface area contributed by atoms with E-state index in [1.807, 2.05) is 30.3 Å². The second-order valence-corrected chi connectivity index (χ2v) is 5.65. The Morgan fingerprint density at radius 2 is 1.86 bits per heavy atom. The van der Waals surface area contributed by atoms with Gasteiger partial charge in [0.05, 0.1) is 6.10 Å². The number of hydrogen-bond donors (Lipinski definition) is 1. The Bertz CT molecular complexity index is 565. The maximum atomic E-state index is 5.97. The van der Waals surface area contributed by atoms with E-state index in [2.05, 4.69) is 29.6 Å². The molecule has 3 heteroatoms. The molecular formula is C19H23NO2. The van der Waals surface area contributed by atoms with Crippen LogP contribution >= 0.6 is 0 Å². The van der Waals surface area contributed by atoms with Crippen LogP contribution in [-0.4, -0.2) is 19.3 Å². The van der Waals surface area contributed by atoms with E-state index in [9.17, 15) is 0 Å². The van der Waals surface area contributed by atoms with Gasteiger partial charge in [-0.15, -0.1) is 0 Å². The molecule has 0 bridgehead atoms. The molecule has 22 heavy (non-hydrogen) atoms. The van der Waals surface area contributed by atoms with Crippen molar-refractivity contribution < 1.29 is 9.47 Å². The van der Waals surface area contributed by atoms with Gasteiger partial charge in [0.1, 0.15) is 12.4 Å². The van der Waals surface area contributed by atoms with E-state index in [-0.39, 0.29) is 0 Å². The van der Waals surface area contributed by atoms with Crippen molar-refractivity contribution in [2.75, 3.05) is 13.2 Å². The maximum Gasteiger partial charge on any atom is 0.124 e. The average molecular weight is 297 g/mol. The van der Waals surface area contributed by atoms with Crippen molar-refractivity contribution in [1.29, 1.82) is 0 Å². The monoisotopic (exact) mass is 297 g/mol. The normalized spacial score (nSPS) is 17.5. The van der Waals surface area contributed by atoms with Gasteiger partial charge in [0.15, 0.2) is 0 Å². The molecule has 0 aromatic heterocycles. The zero-order chi connectivity index (χ0) is 15.0. The van der Waals surface area contributed by atoms with Gasteiger partial charge in [-0.25, -0.2) is 0 Å². The molecule has 1 unspecified atom stereocenters. The Labute approximate surface area is 132 Å². The molecule has 1 N–H and O–H groups in total. The van der Waals surface area contributed by atoms with Gasteiger partial charge in [-0.1, -0.05) is 48.5 Å². The molecule has 0 radical (unpaired) electrons. The highest BCUT2D eigenvalue weighted by molar-refractivity contribution is 5.33. The van der Waals surface area contributed by atoms with Crippen LogP contribution in [0.4, 0.5) is 0 Å². The number of benzene rings is 2. The first-order valence-corrected chi connectivity index (χ1v) is 7.99. The molecule has 0 aliphatic carbocycles. The highest BCUT2D eigenvalue weighted by Crippen LogP contribution is 2.19. The molecular weight excluding hydrogens is 274 g/mol. The molecule has 1 aliphatic heterocycles. The SMILES string of the molecule is c1ccc(COc2ccccc2CNCC2CCCO2)cc1. The predicted octanol–water partition coefficient (Wildman–Crippen LogP) is 3.53. The number of nitrogens with one attached hydrogen (secondary N) is 1. The summed E-state index contributed by atoms with van der Waals surface area (Å²) in [4.78, 5) is 0. The number of ether oxygens (including phenoxy) is 2. The summed E-state index contributed by atoms with van der Waals surface area (Å²) in [5.74, 6) is 0.950. The number of hydrogen-bond acceptors (Lipinski definition) is 3. The molecule has 3 rings (SSSR count). The fourth-order valence-corrected chi connectivity index (χ4v) is 2.70. The Balaban J connectivity index is 1.52. The summed E-state index contributed by atoms with van der Waals surface area (Å²) in [6, 6.07) is 18.5. The van der Waals surface area contributed by atoms with Crippen LogP contribution in [0.5, 0.6) is 5.75 Å². The van der Waals surface area contributed by atoms with E-state index in [0.717, 1.165) is 25.4 Å². The molecule has 116 valence electrons. The lowest BCUT2D eigenvalue weighted by Crippen LogP contribution is -2.25. The van der Waals surface area contributed by atoms with E-state index in [1.54, 1.807) is 0 Å². The topological polar surface area (TPSA) is 30.5 Å². The first kappa shape index (κ1) is 15.1. The van der Waals surface area contributed by atoms with E-state index in [0.29, 0.717) is 12.7 Å². The summed E-state index contributed by atoms with van der Waals surface area (Å²) in [7, 11) is 0. The zero-order valence-electron chi connectivity index (χ0n) is 12.8. The van der Waals surface area contributed by atoms with Crippen LogP contribution in [-0.2, 0) is 17.9 Å². The summed E-state index contributed by atoms with van der Waals surface area (Å²) in [6.45, 7) is 3.23. The number of para-hydroxylation sites is 1. The fraction of sp³-hybridized carbons (Fsp3) is 0.368. The Kier molecular flexibility index (Phi) is 5.46. The summed E-state index contributed by atoms with van der Waals surface area (Å²) < 4.78 is 11.6. The third kappa shape index (κ3) is 4.33. The van der Waals surface area contributed by atoms with Crippen LogP contribution in [0, 0.1) is 0 Å². The Hall–Kier alpha value is -1.84. The third-order valence-corrected chi connectivity index (χ3v) is 3.92. The minimum absolute atomic E-state index is 0.373. The molecule has 2 aromatic carbocycles. The second-order valence-electron chi connectivity index (χ2n) is 5.65. The molecule has 1 fully saturated rings. The average Bonchev–Trinajstić information content (AvgIpc) is 3.08. The maximum absolute atomic E-state index is 5.97. The third-order valence-electron chi connectivity index (χ3n) is 3.92. The van der Waals surface area contributed by atoms with Crippen molar-refractivity contribution in [3.05, 3.63) is 65.7 Å². The van der Waals surface area contributed by atoms with Crippen LogP contribution in [0.15, 0.2) is 54.6 Å². The van der Waals surface area contributed by atoms with Gasteiger partial charge in [-0.3, -0.25) is 0 Å².